The molecule has 0 saturated carbocycles. The van der Waals surface area contributed by atoms with Crippen LogP contribution < -0.4 is 5.32 Å². The number of amides is 1. The van der Waals surface area contributed by atoms with Gasteiger partial charge in [-0.25, -0.2) is 9.07 Å². The first-order valence-electron chi connectivity index (χ1n) is 7.34. The lowest BCUT2D eigenvalue weighted by atomic mass is 10.3. The largest absolute Gasteiger partial charge is 0.321 e. The van der Waals surface area contributed by atoms with Gasteiger partial charge in [0.25, 0.3) is 5.91 Å². The molecule has 0 saturated heterocycles. The number of aromatic nitrogens is 4. The average molecular weight is 427 g/mol. The second-order valence-corrected chi connectivity index (χ2v) is 6.65. The number of carbonyl (C=O) groups excluding carboxylic acids is 1. The van der Waals surface area contributed by atoms with Crippen molar-refractivity contribution in [2.45, 2.75) is 20.5 Å². The summed E-state index contributed by atoms with van der Waals surface area (Å²) in [6.45, 7) is 4.23. The quantitative estimate of drug-likeness (QED) is 0.685. The van der Waals surface area contributed by atoms with Crippen molar-refractivity contribution in [2.24, 2.45) is 0 Å². The maximum atomic E-state index is 13.2. The molecule has 1 amide bonds. The van der Waals surface area contributed by atoms with Crippen molar-refractivity contribution in [1.29, 1.82) is 0 Å². The lowest BCUT2D eigenvalue weighted by Gasteiger charge is -2.05. The molecule has 130 valence electrons. The smallest absolute Gasteiger partial charge is 0.276 e. The minimum absolute atomic E-state index is 0.0570. The van der Waals surface area contributed by atoms with Gasteiger partial charge in [0.2, 0.25) is 0 Å². The third kappa shape index (κ3) is 3.74. The molecule has 3 rings (SSSR count). The first kappa shape index (κ1) is 17.6. The third-order valence-electron chi connectivity index (χ3n) is 3.62. The molecule has 1 N–H and O–H groups in total. The summed E-state index contributed by atoms with van der Waals surface area (Å²) in [7, 11) is 0. The van der Waals surface area contributed by atoms with Gasteiger partial charge in [-0.15, -0.1) is 0 Å². The van der Waals surface area contributed by atoms with Crippen molar-refractivity contribution < 1.29 is 9.18 Å². The van der Waals surface area contributed by atoms with E-state index in [4.69, 9.17) is 11.6 Å². The highest BCUT2D eigenvalue weighted by atomic mass is 79.9. The van der Waals surface area contributed by atoms with E-state index in [1.807, 2.05) is 13.8 Å². The topological polar surface area (TPSA) is 64.7 Å². The molecule has 9 heteroatoms. The number of carbonyl (C=O) groups is 1. The van der Waals surface area contributed by atoms with Gasteiger partial charge in [0.15, 0.2) is 5.69 Å². The number of halogens is 3. The van der Waals surface area contributed by atoms with Crippen molar-refractivity contribution in [2.75, 3.05) is 5.32 Å². The summed E-state index contributed by atoms with van der Waals surface area (Å²) < 4.78 is 17.5. The Morgan fingerprint density at radius 3 is 2.72 bits per heavy atom. The fourth-order valence-electron chi connectivity index (χ4n) is 2.28. The maximum absolute atomic E-state index is 13.2. The molecule has 0 spiro atoms. The Labute approximate surface area is 156 Å². The van der Waals surface area contributed by atoms with E-state index in [2.05, 4.69) is 31.4 Å². The molecule has 0 aliphatic rings. The van der Waals surface area contributed by atoms with Gasteiger partial charge in [-0.2, -0.15) is 10.2 Å². The zero-order valence-corrected chi connectivity index (χ0v) is 15.8. The normalized spacial score (nSPS) is 10.9. The van der Waals surface area contributed by atoms with Crippen molar-refractivity contribution in [3.05, 3.63) is 62.9 Å². The second-order valence-electron chi connectivity index (χ2n) is 5.45. The van der Waals surface area contributed by atoms with E-state index in [0.29, 0.717) is 12.4 Å². The van der Waals surface area contributed by atoms with Gasteiger partial charge in [0, 0.05) is 11.9 Å². The molecule has 0 fully saturated rings. The second kappa shape index (κ2) is 6.97. The molecule has 0 aliphatic carbocycles. The first-order valence-corrected chi connectivity index (χ1v) is 8.51. The summed E-state index contributed by atoms with van der Waals surface area (Å²) in [6, 6.07) is 5.57. The first-order chi connectivity index (χ1) is 11.8. The highest BCUT2D eigenvalue weighted by molar-refractivity contribution is 9.10. The Balaban J connectivity index is 1.73. The summed E-state index contributed by atoms with van der Waals surface area (Å²) in [6.07, 6.45) is 1.69. The Kier molecular flexibility index (Phi) is 4.91. The summed E-state index contributed by atoms with van der Waals surface area (Å²) in [5.74, 6) is -0.948. The zero-order valence-electron chi connectivity index (χ0n) is 13.4. The molecule has 1 aromatic carbocycles. The molecule has 6 nitrogen and oxygen atoms in total. The van der Waals surface area contributed by atoms with Crippen molar-refractivity contribution in [3.63, 3.8) is 0 Å². The SMILES string of the molecule is Cc1nn(Cn2ccc(C(=O)Nc3ccc(F)c(Cl)c3)n2)c(C)c1Br. The number of hydrogen-bond acceptors (Lipinski definition) is 3. The van der Waals surface area contributed by atoms with Crippen molar-refractivity contribution in [3.8, 4) is 0 Å². The standard InChI is InChI=1S/C16H14BrClFN5O/c1-9-15(17)10(2)24(21-9)8-23-6-5-14(22-23)16(25)20-11-3-4-13(19)12(18)7-11/h3-7H,8H2,1-2H3,(H,20,25). The summed E-state index contributed by atoms with van der Waals surface area (Å²) in [5.41, 5.74) is 2.49. The molecule has 2 aromatic heterocycles. The Bertz CT molecular complexity index is 952. The van der Waals surface area contributed by atoms with E-state index in [1.165, 1.54) is 18.2 Å². The van der Waals surface area contributed by atoms with E-state index in [9.17, 15) is 9.18 Å². The minimum atomic E-state index is -0.542. The van der Waals surface area contributed by atoms with E-state index in [1.54, 1.807) is 21.6 Å². The van der Waals surface area contributed by atoms with E-state index in [-0.39, 0.29) is 10.7 Å². The number of rotatable bonds is 4. The van der Waals surface area contributed by atoms with Gasteiger partial charge in [-0.05, 0) is 54.0 Å². The highest BCUT2D eigenvalue weighted by Gasteiger charge is 2.13. The van der Waals surface area contributed by atoms with Crippen molar-refractivity contribution in [1.82, 2.24) is 19.6 Å². The zero-order chi connectivity index (χ0) is 18.1. The predicted molar refractivity (Wildman–Crippen MR) is 96.4 cm³/mol. The maximum Gasteiger partial charge on any atom is 0.276 e. The number of anilines is 1. The van der Waals surface area contributed by atoms with Crippen LogP contribution in [0.5, 0.6) is 0 Å². The van der Waals surface area contributed by atoms with Crippen LogP contribution in [0.3, 0.4) is 0 Å². The van der Waals surface area contributed by atoms with Gasteiger partial charge < -0.3 is 5.32 Å². The van der Waals surface area contributed by atoms with Crippen LogP contribution in [0, 0.1) is 19.7 Å². The monoisotopic (exact) mass is 425 g/mol. The average Bonchev–Trinajstić information content (AvgIpc) is 3.13. The van der Waals surface area contributed by atoms with Crippen LogP contribution in [0.25, 0.3) is 0 Å². The Morgan fingerprint density at radius 2 is 2.08 bits per heavy atom. The van der Waals surface area contributed by atoms with Crippen LogP contribution in [0.1, 0.15) is 21.9 Å². The number of aryl methyl sites for hydroxylation is 1. The van der Waals surface area contributed by atoms with Crippen LogP contribution >= 0.6 is 27.5 Å². The molecular formula is C16H14BrClFN5O. The van der Waals surface area contributed by atoms with E-state index >= 15 is 0 Å². The molecule has 0 bridgehead atoms. The lowest BCUT2D eigenvalue weighted by molar-refractivity contribution is 0.102. The molecule has 3 aromatic rings. The number of nitrogens with zero attached hydrogens (tertiary/aromatic N) is 4. The number of hydrogen-bond donors (Lipinski definition) is 1. The van der Waals surface area contributed by atoms with Gasteiger partial charge in [0.1, 0.15) is 12.5 Å². The minimum Gasteiger partial charge on any atom is -0.321 e. The molecule has 2 heterocycles. The Morgan fingerprint density at radius 1 is 1.32 bits per heavy atom. The molecule has 0 aliphatic heterocycles. The fourth-order valence-corrected chi connectivity index (χ4v) is 2.75. The third-order valence-corrected chi connectivity index (χ3v) is 5.06. The van der Waals surface area contributed by atoms with E-state index < -0.39 is 11.7 Å². The van der Waals surface area contributed by atoms with Crippen LogP contribution in [0.4, 0.5) is 10.1 Å². The number of benzene rings is 1. The molecule has 25 heavy (non-hydrogen) atoms. The van der Waals surface area contributed by atoms with Gasteiger partial charge in [-0.1, -0.05) is 11.6 Å². The van der Waals surface area contributed by atoms with Gasteiger partial charge >= 0.3 is 0 Å². The van der Waals surface area contributed by atoms with Gasteiger partial charge in [0.05, 0.1) is 20.9 Å². The summed E-state index contributed by atoms with van der Waals surface area (Å²) >= 11 is 9.18. The molecular weight excluding hydrogens is 413 g/mol. The molecule has 0 atom stereocenters. The van der Waals surface area contributed by atoms with Crippen LogP contribution in [-0.2, 0) is 6.67 Å². The van der Waals surface area contributed by atoms with Crippen molar-refractivity contribution >= 4 is 39.1 Å². The molecule has 0 radical (unpaired) electrons. The lowest BCUT2D eigenvalue weighted by Crippen LogP contribution is -2.15. The highest BCUT2D eigenvalue weighted by Crippen LogP contribution is 2.21. The predicted octanol–water partition coefficient (Wildman–Crippen LogP) is 4.01. The fraction of sp³-hybridized carbons (Fsp3) is 0.188. The van der Waals surface area contributed by atoms with Crippen LogP contribution in [0.2, 0.25) is 5.02 Å². The van der Waals surface area contributed by atoms with Crippen LogP contribution in [0.15, 0.2) is 34.9 Å². The number of nitrogens with one attached hydrogen (secondary N) is 1. The van der Waals surface area contributed by atoms with Crippen LogP contribution in [-0.4, -0.2) is 25.5 Å². The van der Waals surface area contributed by atoms with E-state index in [0.717, 1.165) is 15.9 Å². The van der Waals surface area contributed by atoms with Gasteiger partial charge in [-0.3, -0.25) is 9.48 Å². The summed E-state index contributed by atoms with van der Waals surface area (Å²) in [5, 5.41) is 11.2. The molecule has 0 unspecified atom stereocenters. The summed E-state index contributed by atoms with van der Waals surface area (Å²) in [4.78, 5) is 12.2. The Hall–Kier alpha value is -2.19.